The molecule has 1 N–H and O–H groups in total. The van der Waals surface area contributed by atoms with Gasteiger partial charge in [0.25, 0.3) is 0 Å². The van der Waals surface area contributed by atoms with Gasteiger partial charge < -0.3 is 14.8 Å². The van der Waals surface area contributed by atoms with Crippen LogP contribution in [-0.2, 0) is 6.42 Å². The van der Waals surface area contributed by atoms with Gasteiger partial charge in [-0.05, 0) is 30.5 Å². The summed E-state index contributed by atoms with van der Waals surface area (Å²) in [5.41, 5.74) is 2.88. The van der Waals surface area contributed by atoms with Crippen molar-refractivity contribution in [2.75, 3.05) is 27.3 Å². The van der Waals surface area contributed by atoms with Crippen molar-refractivity contribution in [3.63, 3.8) is 0 Å². The van der Waals surface area contributed by atoms with Crippen LogP contribution >= 0.6 is 0 Å². The van der Waals surface area contributed by atoms with Crippen LogP contribution in [0.3, 0.4) is 0 Å². The predicted octanol–water partition coefficient (Wildman–Crippen LogP) is 2.16. The first kappa shape index (κ1) is 13.4. The Kier molecular flexibility index (Phi) is 3.42. The Morgan fingerprint density at radius 3 is 2.75 bits per heavy atom. The van der Waals surface area contributed by atoms with E-state index < -0.39 is 0 Å². The third kappa shape index (κ3) is 1.82. The van der Waals surface area contributed by atoms with Crippen molar-refractivity contribution in [2.45, 2.75) is 25.7 Å². The maximum Gasteiger partial charge on any atom is 0.167 e. The Labute approximate surface area is 119 Å². The molecule has 2 atom stereocenters. The highest BCUT2D eigenvalue weighted by Crippen LogP contribution is 2.46. The standard InChI is InChI=1S/C16H21NO3/c1-4-10-14(19-2)6-11-12-8-17-7-9(12)5-13(18)15(11)16(10)20-3/h6,9,12,17H,4-5,7-8H2,1-3H3. The van der Waals surface area contributed by atoms with Gasteiger partial charge in [0.1, 0.15) is 11.5 Å². The quantitative estimate of drug-likeness (QED) is 0.918. The van der Waals surface area contributed by atoms with Crippen LogP contribution < -0.4 is 14.8 Å². The van der Waals surface area contributed by atoms with Crippen molar-refractivity contribution in [3.05, 3.63) is 22.8 Å². The zero-order chi connectivity index (χ0) is 14.3. The largest absolute Gasteiger partial charge is 0.496 e. The molecule has 0 aromatic heterocycles. The van der Waals surface area contributed by atoms with E-state index in [2.05, 4.69) is 18.3 Å². The summed E-state index contributed by atoms with van der Waals surface area (Å²) in [5, 5.41) is 3.40. The fraction of sp³-hybridized carbons (Fsp3) is 0.562. The van der Waals surface area contributed by atoms with Crippen LogP contribution in [0.5, 0.6) is 11.5 Å². The highest BCUT2D eigenvalue weighted by molar-refractivity contribution is 6.02. The maximum atomic E-state index is 12.5. The van der Waals surface area contributed by atoms with Crippen molar-refractivity contribution in [2.24, 2.45) is 5.92 Å². The average Bonchev–Trinajstić information content (AvgIpc) is 2.93. The SMILES string of the molecule is CCc1c(OC)cc2c(c1OC)C(=O)CC1CNCC21. The van der Waals surface area contributed by atoms with E-state index in [1.807, 2.05) is 0 Å². The van der Waals surface area contributed by atoms with E-state index in [9.17, 15) is 4.79 Å². The van der Waals surface area contributed by atoms with Crippen molar-refractivity contribution >= 4 is 5.78 Å². The first-order valence-electron chi connectivity index (χ1n) is 7.22. The Morgan fingerprint density at radius 1 is 1.30 bits per heavy atom. The molecule has 1 saturated heterocycles. The zero-order valence-electron chi connectivity index (χ0n) is 12.3. The van der Waals surface area contributed by atoms with Gasteiger partial charge in [-0.15, -0.1) is 0 Å². The van der Waals surface area contributed by atoms with Gasteiger partial charge in [0.2, 0.25) is 0 Å². The van der Waals surface area contributed by atoms with Gasteiger partial charge in [0.15, 0.2) is 5.78 Å². The second kappa shape index (κ2) is 5.09. The van der Waals surface area contributed by atoms with Gasteiger partial charge in [-0.2, -0.15) is 0 Å². The van der Waals surface area contributed by atoms with Crippen LogP contribution in [0.1, 0.15) is 40.7 Å². The molecule has 1 aromatic rings. The summed E-state index contributed by atoms with van der Waals surface area (Å²) < 4.78 is 11.1. The summed E-state index contributed by atoms with van der Waals surface area (Å²) in [7, 11) is 3.32. The van der Waals surface area contributed by atoms with Crippen molar-refractivity contribution in [1.29, 1.82) is 0 Å². The fourth-order valence-electron chi connectivity index (χ4n) is 3.67. The topological polar surface area (TPSA) is 47.6 Å². The fourth-order valence-corrected chi connectivity index (χ4v) is 3.67. The first-order valence-corrected chi connectivity index (χ1v) is 7.22. The van der Waals surface area contributed by atoms with Crippen molar-refractivity contribution in [1.82, 2.24) is 5.32 Å². The van der Waals surface area contributed by atoms with E-state index in [-0.39, 0.29) is 5.78 Å². The molecule has 2 unspecified atom stereocenters. The molecule has 0 radical (unpaired) electrons. The summed E-state index contributed by atoms with van der Waals surface area (Å²) in [6.45, 7) is 3.92. The van der Waals surface area contributed by atoms with Crippen LogP contribution in [0.4, 0.5) is 0 Å². The zero-order valence-corrected chi connectivity index (χ0v) is 12.3. The highest BCUT2D eigenvalue weighted by atomic mass is 16.5. The van der Waals surface area contributed by atoms with E-state index >= 15 is 0 Å². The summed E-state index contributed by atoms with van der Waals surface area (Å²) in [5.74, 6) is 2.58. The minimum atomic E-state index is 0.208. The Hall–Kier alpha value is -1.55. The summed E-state index contributed by atoms with van der Waals surface area (Å²) in [4.78, 5) is 12.5. The van der Waals surface area contributed by atoms with E-state index in [0.29, 0.717) is 18.3 Å². The Bertz CT molecular complexity index is 553. The molecule has 1 aromatic carbocycles. The van der Waals surface area contributed by atoms with Crippen molar-refractivity contribution in [3.8, 4) is 11.5 Å². The lowest BCUT2D eigenvalue weighted by molar-refractivity contribution is 0.0944. The lowest BCUT2D eigenvalue weighted by atomic mass is 9.75. The average molecular weight is 275 g/mol. The lowest BCUT2D eigenvalue weighted by Gasteiger charge is -2.29. The minimum Gasteiger partial charge on any atom is -0.496 e. The smallest absolute Gasteiger partial charge is 0.167 e. The number of hydrogen-bond acceptors (Lipinski definition) is 4. The number of carbonyl (C=O) groups is 1. The van der Waals surface area contributed by atoms with E-state index in [1.165, 1.54) is 0 Å². The molecule has 20 heavy (non-hydrogen) atoms. The van der Waals surface area contributed by atoms with Crippen LogP contribution in [-0.4, -0.2) is 33.1 Å². The summed E-state index contributed by atoms with van der Waals surface area (Å²) in [6.07, 6.45) is 1.41. The van der Waals surface area contributed by atoms with Gasteiger partial charge in [-0.25, -0.2) is 0 Å². The number of ether oxygens (including phenoxy) is 2. The highest BCUT2D eigenvalue weighted by Gasteiger charge is 2.40. The Balaban J connectivity index is 2.24. The molecule has 4 heteroatoms. The van der Waals surface area contributed by atoms with Gasteiger partial charge in [0, 0.05) is 24.4 Å². The molecule has 3 rings (SSSR count). The number of rotatable bonds is 3. The van der Waals surface area contributed by atoms with E-state index in [4.69, 9.17) is 9.47 Å². The third-order valence-electron chi connectivity index (χ3n) is 4.62. The molecule has 1 aliphatic heterocycles. The molecule has 1 fully saturated rings. The van der Waals surface area contributed by atoms with Crippen LogP contribution in [0.25, 0.3) is 0 Å². The number of Topliss-reactive ketones (excluding diaryl/α,β-unsaturated/α-hetero) is 1. The van der Waals surface area contributed by atoms with Gasteiger partial charge in [-0.1, -0.05) is 6.92 Å². The molecule has 0 saturated carbocycles. The van der Waals surface area contributed by atoms with Crippen LogP contribution in [0.15, 0.2) is 6.07 Å². The number of benzene rings is 1. The minimum absolute atomic E-state index is 0.208. The molecular formula is C16H21NO3. The number of ketones is 1. The van der Waals surface area contributed by atoms with Gasteiger partial charge >= 0.3 is 0 Å². The summed E-state index contributed by atoms with van der Waals surface area (Å²) in [6, 6.07) is 2.05. The van der Waals surface area contributed by atoms with Gasteiger partial charge in [-0.3, -0.25) is 4.79 Å². The molecule has 108 valence electrons. The molecular weight excluding hydrogens is 254 g/mol. The molecule has 2 aliphatic rings. The summed E-state index contributed by atoms with van der Waals surface area (Å²) >= 11 is 0. The van der Waals surface area contributed by atoms with Gasteiger partial charge in [0.05, 0.1) is 19.8 Å². The molecule has 0 spiro atoms. The van der Waals surface area contributed by atoms with Crippen LogP contribution in [0, 0.1) is 5.92 Å². The second-order valence-corrected chi connectivity index (χ2v) is 5.56. The van der Waals surface area contributed by atoms with Crippen molar-refractivity contribution < 1.29 is 14.3 Å². The Morgan fingerprint density at radius 2 is 2.10 bits per heavy atom. The second-order valence-electron chi connectivity index (χ2n) is 5.56. The molecule has 1 aliphatic carbocycles. The normalized spacial score (nSPS) is 24.2. The first-order chi connectivity index (χ1) is 9.71. The van der Waals surface area contributed by atoms with E-state index in [1.54, 1.807) is 14.2 Å². The molecule has 4 nitrogen and oxygen atoms in total. The number of hydrogen-bond donors (Lipinski definition) is 1. The molecule has 0 bridgehead atoms. The number of fused-ring (bicyclic) bond motifs is 3. The molecule has 0 amide bonds. The number of nitrogens with one attached hydrogen (secondary N) is 1. The predicted molar refractivity (Wildman–Crippen MR) is 77.0 cm³/mol. The van der Waals surface area contributed by atoms with E-state index in [0.717, 1.165) is 47.7 Å². The number of carbonyl (C=O) groups excluding carboxylic acids is 1. The number of methoxy groups -OCH3 is 2. The third-order valence-corrected chi connectivity index (χ3v) is 4.62. The lowest BCUT2D eigenvalue weighted by Crippen LogP contribution is -2.25. The maximum absolute atomic E-state index is 12.5. The molecule has 1 heterocycles. The van der Waals surface area contributed by atoms with Crippen LogP contribution in [0.2, 0.25) is 0 Å². The monoisotopic (exact) mass is 275 g/mol.